The molecule has 0 bridgehead atoms. The van der Waals surface area contributed by atoms with Crippen LogP contribution in [0.4, 0.5) is 10.5 Å². The number of ether oxygens (including phenoxy) is 1. The second-order valence-electron chi connectivity index (χ2n) is 8.04. The molecule has 2 fully saturated rings. The van der Waals surface area contributed by atoms with Crippen molar-refractivity contribution in [2.45, 2.75) is 32.4 Å². The molecule has 0 spiro atoms. The summed E-state index contributed by atoms with van der Waals surface area (Å²) in [5.41, 5.74) is 1.84. The van der Waals surface area contributed by atoms with E-state index in [4.69, 9.17) is 4.74 Å². The highest BCUT2D eigenvalue weighted by atomic mass is 127. The first-order valence-corrected chi connectivity index (χ1v) is 11.0. The smallest absolute Gasteiger partial charge is 0.414 e. The Morgan fingerprint density at radius 3 is 2.59 bits per heavy atom. The highest BCUT2D eigenvalue weighted by molar-refractivity contribution is 14.0. The third-order valence-corrected chi connectivity index (χ3v) is 5.74. The maximum atomic E-state index is 12.0. The molecule has 32 heavy (non-hydrogen) atoms. The quantitative estimate of drug-likeness (QED) is 0.288. The van der Waals surface area contributed by atoms with Crippen LogP contribution in [-0.4, -0.2) is 87.2 Å². The Kier molecular flexibility index (Phi) is 10.5. The van der Waals surface area contributed by atoms with Gasteiger partial charge in [-0.1, -0.05) is 19.1 Å². The van der Waals surface area contributed by atoms with Gasteiger partial charge in [-0.25, -0.2) is 9.79 Å². The van der Waals surface area contributed by atoms with Crippen molar-refractivity contribution < 1.29 is 14.3 Å². The Bertz CT molecular complexity index is 786. The topological polar surface area (TPSA) is 89.5 Å². The Labute approximate surface area is 207 Å². The van der Waals surface area contributed by atoms with Gasteiger partial charge in [0.05, 0.1) is 19.6 Å². The third-order valence-electron chi connectivity index (χ3n) is 5.74. The van der Waals surface area contributed by atoms with Gasteiger partial charge in [-0.2, -0.15) is 0 Å². The van der Waals surface area contributed by atoms with Crippen molar-refractivity contribution in [3.05, 3.63) is 29.8 Å². The van der Waals surface area contributed by atoms with Gasteiger partial charge in [0.25, 0.3) is 0 Å². The first kappa shape index (κ1) is 26.2. The van der Waals surface area contributed by atoms with E-state index >= 15 is 0 Å². The lowest BCUT2D eigenvalue weighted by Gasteiger charge is -2.24. The molecular formula is C22H35IN6O3. The van der Waals surface area contributed by atoms with Crippen LogP contribution in [0.25, 0.3) is 0 Å². The summed E-state index contributed by atoms with van der Waals surface area (Å²) in [6, 6.07) is 8.23. The number of anilines is 1. The average Bonchev–Trinajstić information content (AvgIpc) is 3.41. The second-order valence-corrected chi connectivity index (χ2v) is 8.04. The van der Waals surface area contributed by atoms with Crippen LogP contribution in [0.5, 0.6) is 0 Å². The standard InChI is InChI=1S/C22H34N6O3.HI/c1-4-27-11-5-6-19(27)15-24-21(25-16-20(29)26(2)3)23-14-17-7-9-18(10-8-17)28-12-13-31-22(28)30;/h7-10,19H,4-6,11-16H2,1-3H3,(H2,23,24,25);1H. The summed E-state index contributed by atoms with van der Waals surface area (Å²) in [4.78, 5) is 34.0. The number of rotatable bonds is 8. The van der Waals surface area contributed by atoms with Crippen LogP contribution in [0.3, 0.4) is 0 Å². The minimum Gasteiger partial charge on any atom is -0.447 e. The Morgan fingerprint density at radius 2 is 1.97 bits per heavy atom. The van der Waals surface area contributed by atoms with E-state index in [1.807, 2.05) is 24.3 Å². The van der Waals surface area contributed by atoms with Gasteiger partial charge < -0.3 is 20.3 Å². The van der Waals surface area contributed by atoms with E-state index < -0.39 is 0 Å². The van der Waals surface area contributed by atoms with Gasteiger partial charge in [0.15, 0.2) is 5.96 Å². The fourth-order valence-electron chi connectivity index (χ4n) is 3.83. The number of hydrogen-bond donors (Lipinski definition) is 2. The number of cyclic esters (lactones) is 1. The molecule has 1 atom stereocenters. The summed E-state index contributed by atoms with van der Waals surface area (Å²) < 4.78 is 4.99. The zero-order valence-corrected chi connectivity index (χ0v) is 21.5. The number of carbonyl (C=O) groups excluding carboxylic acids is 2. The van der Waals surface area contributed by atoms with Crippen LogP contribution in [0, 0.1) is 0 Å². The number of amides is 2. The van der Waals surface area contributed by atoms with Gasteiger partial charge in [-0.3, -0.25) is 14.6 Å². The number of nitrogens with one attached hydrogen (secondary N) is 2. The van der Waals surface area contributed by atoms with Crippen molar-refractivity contribution in [3.8, 4) is 0 Å². The van der Waals surface area contributed by atoms with Crippen molar-refractivity contribution in [2.24, 2.45) is 4.99 Å². The first-order valence-electron chi connectivity index (χ1n) is 11.0. The molecule has 178 valence electrons. The van der Waals surface area contributed by atoms with Crippen molar-refractivity contribution >= 4 is 47.6 Å². The number of carbonyl (C=O) groups is 2. The van der Waals surface area contributed by atoms with Crippen LogP contribution in [0.1, 0.15) is 25.3 Å². The van der Waals surface area contributed by atoms with E-state index in [0.29, 0.717) is 31.7 Å². The summed E-state index contributed by atoms with van der Waals surface area (Å²) >= 11 is 0. The summed E-state index contributed by atoms with van der Waals surface area (Å²) in [5, 5.41) is 6.56. The number of halogens is 1. The highest BCUT2D eigenvalue weighted by Gasteiger charge is 2.24. The second kappa shape index (κ2) is 12.8. The van der Waals surface area contributed by atoms with E-state index in [1.54, 1.807) is 23.9 Å². The fraction of sp³-hybridized carbons (Fsp3) is 0.591. The number of hydrogen-bond acceptors (Lipinski definition) is 5. The largest absolute Gasteiger partial charge is 0.447 e. The summed E-state index contributed by atoms with van der Waals surface area (Å²) in [5.74, 6) is 0.623. The molecule has 1 aromatic carbocycles. The Morgan fingerprint density at radius 1 is 1.22 bits per heavy atom. The molecule has 0 aromatic heterocycles. The van der Waals surface area contributed by atoms with E-state index in [1.165, 1.54) is 12.8 Å². The number of likely N-dealkylation sites (N-methyl/N-ethyl adjacent to an activating group) is 2. The molecule has 9 nitrogen and oxygen atoms in total. The van der Waals surface area contributed by atoms with Gasteiger partial charge >= 0.3 is 6.09 Å². The zero-order chi connectivity index (χ0) is 22.2. The third kappa shape index (κ3) is 7.22. The molecule has 0 aliphatic carbocycles. The van der Waals surface area contributed by atoms with Gasteiger partial charge in [-0.15, -0.1) is 24.0 Å². The molecule has 2 amide bonds. The molecule has 0 saturated carbocycles. The first-order chi connectivity index (χ1) is 15.0. The minimum absolute atomic E-state index is 0. The Hall–Kier alpha value is -2.08. The molecule has 1 unspecified atom stereocenters. The monoisotopic (exact) mass is 558 g/mol. The lowest BCUT2D eigenvalue weighted by atomic mass is 10.2. The predicted molar refractivity (Wildman–Crippen MR) is 137 cm³/mol. The van der Waals surface area contributed by atoms with Gasteiger partial charge in [-0.05, 0) is 43.6 Å². The normalized spacial score (nSPS) is 18.8. The molecule has 1 aromatic rings. The van der Waals surface area contributed by atoms with Crippen LogP contribution < -0.4 is 15.5 Å². The van der Waals surface area contributed by atoms with Crippen LogP contribution in [0.2, 0.25) is 0 Å². The molecule has 2 aliphatic heterocycles. The van der Waals surface area contributed by atoms with Crippen LogP contribution in [-0.2, 0) is 16.1 Å². The van der Waals surface area contributed by atoms with Crippen molar-refractivity contribution in [2.75, 3.05) is 58.3 Å². The van der Waals surface area contributed by atoms with Gasteiger partial charge in [0.1, 0.15) is 6.61 Å². The summed E-state index contributed by atoms with van der Waals surface area (Å²) in [6.07, 6.45) is 2.08. The maximum absolute atomic E-state index is 12.0. The molecule has 2 aliphatic rings. The van der Waals surface area contributed by atoms with E-state index in [0.717, 1.165) is 30.9 Å². The van der Waals surface area contributed by atoms with E-state index in [-0.39, 0.29) is 42.5 Å². The molecular weight excluding hydrogens is 523 g/mol. The number of aliphatic imine (C=N–C) groups is 1. The Balaban J connectivity index is 0.00000363. The minimum atomic E-state index is -0.306. The fourth-order valence-corrected chi connectivity index (χ4v) is 3.83. The SMILES string of the molecule is CCN1CCCC1CNC(=NCc1ccc(N2CCOC2=O)cc1)NCC(=O)N(C)C.I. The summed E-state index contributed by atoms with van der Waals surface area (Å²) in [6.45, 7) is 6.83. The lowest BCUT2D eigenvalue weighted by Crippen LogP contribution is -2.47. The van der Waals surface area contributed by atoms with E-state index in [2.05, 4.69) is 27.4 Å². The van der Waals surface area contributed by atoms with Crippen LogP contribution >= 0.6 is 24.0 Å². The van der Waals surface area contributed by atoms with Crippen molar-refractivity contribution in [3.63, 3.8) is 0 Å². The molecule has 2 saturated heterocycles. The maximum Gasteiger partial charge on any atom is 0.414 e. The van der Waals surface area contributed by atoms with E-state index in [9.17, 15) is 9.59 Å². The van der Waals surface area contributed by atoms with Crippen molar-refractivity contribution in [1.29, 1.82) is 0 Å². The van der Waals surface area contributed by atoms with Crippen molar-refractivity contribution in [1.82, 2.24) is 20.4 Å². The zero-order valence-electron chi connectivity index (χ0n) is 19.2. The average molecular weight is 558 g/mol. The highest BCUT2D eigenvalue weighted by Crippen LogP contribution is 2.19. The van der Waals surface area contributed by atoms with Crippen LogP contribution in [0.15, 0.2) is 29.3 Å². The number of nitrogens with zero attached hydrogens (tertiary/aromatic N) is 4. The molecule has 2 N–H and O–H groups in total. The molecule has 10 heteroatoms. The molecule has 0 radical (unpaired) electrons. The number of benzene rings is 1. The van der Waals surface area contributed by atoms with Gasteiger partial charge in [0, 0.05) is 32.4 Å². The number of likely N-dealkylation sites (tertiary alicyclic amines) is 1. The number of guanidine groups is 1. The summed E-state index contributed by atoms with van der Waals surface area (Å²) in [7, 11) is 3.48. The van der Waals surface area contributed by atoms with Gasteiger partial charge in [0.2, 0.25) is 5.91 Å². The lowest BCUT2D eigenvalue weighted by molar-refractivity contribution is -0.127. The molecule has 2 heterocycles. The predicted octanol–water partition coefficient (Wildman–Crippen LogP) is 1.87. The molecule has 3 rings (SSSR count).